The molecule has 0 aliphatic carbocycles. The van der Waals surface area contributed by atoms with Gasteiger partial charge in [-0.05, 0) is 12.5 Å². The van der Waals surface area contributed by atoms with Crippen molar-refractivity contribution in [3.8, 4) is 0 Å². The number of aromatic nitrogens is 3. The van der Waals surface area contributed by atoms with Crippen LogP contribution >= 0.6 is 0 Å². The molecule has 1 aromatic heterocycles. The van der Waals surface area contributed by atoms with Crippen LogP contribution < -0.4 is 0 Å². The van der Waals surface area contributed by atoms with E-state index in [0.29, 0.717) is 38.7 Å². The second kappa shape index (κ2) is 8.34. The van der Waals surface area contributed by atoms with E-state index in [1.807, 2.05) is 37.3 Å². The Hall–Kier alpha value is -1.80. The zero-order valence-electron chi connectivity index (χ0n) is 13.9. The molecule has 1 aliphatic heterocycles. The number of aliphatic hydroxyl groups is 1. The van der Waals surface area contributed by atoms with Crippen LogP contribution in [-0.4, -0.2) is 64.1 Å². The summed E-state index contributed by atoms with van der Waals surface area (Å²) in [6.07, 6.45) is -0.678. The molecule has 1 fully saturated rings. The van der Waals surface area contributed by atoms with Gasteiger partial charge in [0.25, 0.3) is 0 Å². The van der Waals surface area contributed by atoms with E-state index in [2.05, 4.69) is 20.1 Å². The molecule has 2 aromatic rings. The molecule has 2 unspecified atom stereocenters. The third-order valence-corrected chi connectivity index (χ3v) is 3.94. The highest BCUT2D eigenvalue weighted by Gasteiger charge is 2.26. The van der Waals surface area contributed by atoms with E-state index in [9.17, 15) is 5.11 Å². The predicted molar refractivity (Wildman–Crippen MR) is 88.4 cm³/mol. The topological polar surface area (TPSA) is 83.5 Å². The summed E-state index contributed by atoms with van der Waals surface area (Å²) in [5.41, 5.74) is 1.11. The molecular weight excluding hydrogens is 308 g/mol. The number of aliphatic hydroxyl groups excluding tert-OH is 1. The molecule has 0 saturated carbocycles. The number of nitrogens with zero attached hydrogens (tertiary/aromatic N) is 3. The normalized spacial score (nSPS) is 20.2. The molecule has 3 rings (SSSR count). The lowest BCUT2D eigenvalue weighted by atomic mass is 10.2. The van der Waals surface area contributed by atoms with E-state index in [-0.39, 0.29) is 6.10 Å². The molecule has 2 atom stereocenters. The summed E-state index contributed by atoms with van der Waals surface area (Å²) in [7, 11) is 0. The van der Waals surface area contributed by atoms with Crippen LogP contribution in [0.25, 0.3) is 0 Å². The molecule has 1 aromatic carbocycles. The van der Waals surface area contributed by atoms with E-state index in [1.54, 1.807) is 0 Å². The SMILES string of the molecule is Cc1nc(C2CN(CC(O)COCc3ccccc3)CCO2)n[nH]1. The number of H-pyrrole nitrogens is 1. The van der Waals surface area contributed by atoms with E-state index in [4.69, 9.17) is 9.47 Å². The number of benzene rings is 1. The Morgan fingerprint density at radius 2 is 2.25 bits per heavy atom. The molecule has 0 bridgehead atoms. The summed E-state index contributed by atoms with van der Waals surface area (Å²) in [6, 6.07) is 9.96. The Balaban J connectivity index is 1.41. The fraction of sp³-hybridized carbons (Fsp3) is 0.529. The fourth-order valence-electron chi connectivity index (χ4n) is 2.77. The Labute approximate surface area is 141 Å². The van der Waals surface area contributed by atoms with Crippen molar-refractivity contribution in [3.63, 3.8) is 0 Å². The van der Waals surface area contributed by atoms with Gasteiger partial charge < -0.3 is 14.6 Å². The minimum Gasteiger partial charge on any atom is -0.389 e. The molecule has 130 valence electrons. The minimum atomic E-state index is -0.527. The van der Waals surface area contributed by atoms with Gasteiger partial charge in [-0.3, -0.25) is 10.00 Å². The Bertz CT molecular complexity index is 619. The molecule has 7 heteroatoms. The van der Waals surface area contributed by atoms with Gasteiger partial charge in [0, 0.05) is 19.6 Å². The highest BCUT2D eigenvalue weighted by molar-refractivity contribution is 5.13. The predicted octanol–water partition coefficient (Wildman–Crippen LogP) is 1.06. The van der Waals surface area contributed by atoms with Crippen LogP contribution in [0.15, 0.2) is 30.3 Å². The maximum atomic E-state index is 10.2. The molecular formula is C17H24N4O3. The summed E-state index contributed by atoms with van der Waals surface area (Å²) < 4.78 is 11.3. The van der Waals surface area contributed by atoms with Gasteiger partial charge in [-0.2, -0.15) is 5.10 Å². The maximum Gasteiger partial charge on any atom is 0.180 e. The molecule has 0 amide bonds. The van der Waals surface area contributed by atoms with Crippen LogP contribution in [0.4, 0.5) is 0 Å². The standard InChI is InChI=1S/C17H24N4O3/c1-13-18-17(20-19-13)16-10-21(7-8-24-16)9-15(22)12-23-11-14-5-3-2-4-6-14/h2-6,15-16,22H,7-12H2,1H3,(H,18,19,20). The zero-order valence-corrected chi connectivity index (χ0v) is 13.9. The van der Waals surface area contributed by atoms with Crippen LogP contribution in [0, 0.1) is 6.92 Å². The van der Waals surface area contributed by atoms with Crippen molar-refractivity contribution in [1.82, 2.24) is 20.1 Å². The van der Waals surface area contributed by atoms with E-state index >= 15 is 0 Å². The van der Waals surface area contributed by atoms with E-state index < -0.39 is 6.10 Å². The second-order valence-electron chi connectivity index (χ2n) is 6.05. The summed E-state index contributed by atoms with van der Waals surface area (Å²) >= 11 is 0. The summed E-state index contributed by atoms with van der Waals surface area (Å²) in [4.78, 5) is 6.49. The highest BCUT2D eigenvalue weighted by Crippen LogP contribution is 2.19. The van der Waals surface area contributed by atoms with Gasteiger partial charge in [0.15, 0.2) is 5.82 Å². The van der Waals surface area contributed by atoms with Crippen molar-refractivity contribution in [2.75, 3.05) is 32.8 Å². The molecule has 2 heterocycles. The number of aromatic amines is 1. The first kappa shape index (κ1) is 17.0. The van der Waals surface area contributed by atoms with Gasteiger partial charge in [-0.15, -0.1) is 0 Å². The number of ether oxygens (including phenoxy) is 2. The number of nitrogens with one attached hydrogen (secondary N) is 1. The lowest BCUT2D eigenvalue weighted by Gasteiger charge is -2.32. The number of aryl methyl sites for hydroxylation is 1. The van der Waals surface area contributed by atoms with Gasteiger partial charge in [0.05, 0.1) is 25.9 Å². The molecule has 0 radical (unpaired) electrons. The van der Waals surface area contributed by atoms with Crippen LogP contribution in [-0.2, 0) is 16.1 Å². The number of rotatable bonds is 7. The maximum absolute atomic E-state index is 10.2. The van der Waals surface area contributed by atoms with Gasteiger partial charge >= 0.3 is 0 Å². The first-order valence-electron chi connectivity index (χ1n) is 8.23. The number of β-amino-alcohol motifs (C(OH)–C–C–N with tert-alkyl or cyclic N) is 1. The Morgan fingerprint density at radius 3 is 3.00 bits per heavy atom. The van der Waals surface area contributed by atoms with Crippen molar-refractivity contribution in [2.45, 2.75) is 25.7 Å². The van der Waals surface area contributed by atoms with Gasteiger partial charge in [-0.1, -0.05) is 30.3 Å². The summed E-state index contributed by atoms with van der Waals surface area (Å²) in [5.74, 6) is 1.45. The first-order valence-corrected chi connectivity index (χ1v) is 8.23. The second-order valence-corrected chi connectivity index (χ2v) is 6.05. The Kier molecular flexibility index (Phi) is 5.92. The Morgan fingerprint density at radius 1 is 1.42 bits per heavy atom. The highest BCUT2D eigenvalue weighted by atomic mass is 16.5. The fourth-order valence-corrected chi connectivity index (χ4v) is 2.77. The number of hydrogen-bond donors (Lipinski definition) is 2. The van der Waals surface area contributed by atoms with Gasteiger partial charge in [-0.25, -0.2) is 4.98 Å². The molecule has 2 N–H and O–H groups in total. The van der Waals surface area contributed by atoms with Crippen molar-refractivity contribution < 1.29 is 14.6 Å². The minimum absolute atomic E-state index is 0.152. The lowest BCUT2D eigenvalue weighted by molar-refractivity contribution is -0.0565. The first-order chi connectivity index (χ1) is 11.7. The van der Waals surface area contributed by atoms with Gasteiger partial charge in [0.1, 0.15) is 11.9 Å². The van der Waals surface area contributed by atoms with Crippen molar-refractivity contribution in [1.29, 1.82) is 0 Å². The van der Waals surface area contributed by atoms with E-state index in [0.717, 1.165) is 17.9 Å². The smallest absolute Gasteiger partial charge is 0.180 e. The average Bonchev–Trinajstić information content (AvgIpc) is 3.03. The summed E-state index contributed by atoms with van der Waals surface area (Å²) in [6.45, 7) is 5.32. The van der Waals surface area contributed by atoms with Crippen molar-refractivity contribution in [3.05, 3.63) is 47.5 Å². The molecule has 7 nitrogen and oxygen atoms in total. The number of morpholine rings is 1. The molecule has 0 spiro atoms. The van der Waals surface area contributed by atoms with Crippen LogP contribution in [0.3, 0.4) is 0 Å². The van der Waals surface area contributed by atoms with Crippen molar-refractivity contribution in [2.24, 2.45) is 0 Å². The van der Waals surface area contributed by atoms with Crippen LogP contribution in [0.1, 0.15) is 23.3 Å². The largest absolute Gasteiger partial charge is 0.389 e. The molecule has 24 heavy (non-hydrogen) atoms. The third-order valence-electron chi connectivity index (χ3n) is 3.94. The van der Waals surface area contributed by atoms with Crippen LogP contribution in [0.5, 0.6) is 0 Å². The molecule has 1 aliphatic rings. The zero-order chi connectivity index (χ0) is 16.8. The quantitative estimate of drug-likeness (QED) is 0.789. The third kappa shape index (κ3) is 4.85. The van der Waals surface area contributed by atoms with Crippen molar-refractivity contribution >= 4 is 0 Å². The van der Waals surface area contributed by atoms with Crippen LogP contribution in [0.2, 0.25) is 0 Å². The number of hydrogen-bond acceptors (Lipinski definition) is 6. The van der Waals surface area contributed by atoms with Gasteiger partial charge in [0.2, 0.25) is 0 Å². The lowest BCUT2D eigenvalue weighted by Crippen LogP contribution is -2.43. The summed E-state index contributed by atoms with van der Waals surface area (Å²) in [5, 5.41) is 17.2. The average molecular weight is 332 g/mol. The monoisotopic (exact) mass is 332 g/mol. The van der Waals surface area contributed by atoms with E-state index in [1.165, 1.54) is 0 Å². The molecule has 1 saturated heterocycles.